The Bertz CT molecular complexity index is 244. The fraction of sp³-hybridized carbons (Fsp3) is 0.923. The number of amides is 1. The van der Waals surface area contributed by atoms with E-state index in [1.54, 1.807) is 0 Å². The number of carbonyl (C=O) groups excluding carboxylic acids is 1. The van der Waals surface area contributed by atoms with E-state index in [0.29, 0.717) is 12.6 Å². The Morgan fingerprint density at radius 2 is 2.00 bits per heavy atom. The van der Waals surface area contributed by atoms with E-state index in [2.05, 4.69) is 17.6 Å². The molecule has 0 heterocycles. The molecule has 0 radical (unpaired) electrons. The van der Waals surface area contributed by atoms with Crippen molar-refractivity contribution in [3.63, 3.8) is 0 Å². The Morgan fingerprint density at radius 3 is 2.65 bits per heavy atom. The molecule has 100 valence electrons. The largest absolute Gasteiger partial charge is 0.352 e. The summed E-state index contributed by atoms with van der Waals surface area (Å²) < 4.78 is 0. The summed E-state index contributed by atoms with van der Waals surface area (Å²) >= 11 is 0. The molecule has 0 aromatic heterocycles. The first-order valence-corrected chi connectivity index (χ1v) is 6.74. The van der Waals surface area contributed by atoms with Gasteiger partial charge in [-0.05, 0) is 44.1 Å². The maximum Gasteiger partial charge on any atom is 0.234 e. The molecule has 1 amide bonds. The zero-order valence-electron chi connectivity index (χ0n) is 10.7. The fourth-order valence-corrected chi connectivity index (χ4v) is 2.56. The van der Waals surface area contributed by atoms with E-state index in [0.717, 1.165) is 24.8 Å². The van der Waals surface area contributed by atoms with Crippen LogP contribution in [0.5, 0.6) is 0 Å². The number of hydrogen-bond acceptors (Lipinski definition) is 2. The van der Waals surface area contributed by atoms with Crippen LogP contribution in [-0.2, 0) is 4.79 Å². The summed E-state index contributed by atoms with van der Waals surface area (Å²) in [5.41, 5.74) is 0. The van der Waals surface area contributed by atoms with Gasteiger partial charge < -0.3 is 10.6 Å². The highest BCUT2D eigenvalue weighted by Gasteiger charge is 2.22. The third-order valence-corrected chi connectivity index (χ3v) is 3.72. The molecule has 2 rings (SSSR count). The Hall–Kier alpha value is -0.280. The molecular formula is C13H25ClN2O. The van der Waals surface area contributed by atoms with E-state index in [4.69, 9.17) is 0 Å². The summed E-state index contributed by atoms with van der Waals surface area (Å²) in [4.78, 5) is 11.6. The SMILES string of the molecule is CC1CCCC(NC(=O)CNCC2CC2)C1.Cl. The number of carbonyl (C=O) groups is 1. The van der Waals surface area contributed by atoms with Gasteiger partial charge in [-0.25, -0.2) is 0 Å². The average Bonchev–Trinajstić information content (AvgIpc) is 3.01. The molecule has 0 saturated heterocycles. The first kappa shape index (κ1) is 14.8. The molecule has 17 heavy (non-hydrogen) atoms. The summed E-state index contributed by atoms with van der Waals surface area (Å²) in [7, 11) is 0. The summed E-state index contributed by atoms with van der Waals surface area (Å²) in [6.45, 7) is 3.81. The molecule has 0 aromatic rings. The van der Waals surface area contributed by atoms with Crippen LogP contribution in [0.15, 0.2) is 0 Å². The highest BCUT2D eigenvalue weighted by atomic mass is 35.5. The molecule has 2 N–H and O–H groups in total. The minimum atomic E-state index is 0. The molecule has 2 aliphatic rings. The van der Waals surface area contributed by atoms with Gasteiger partial charge in [0.15, 0.2) is 0 Å². The van der Waals surface area contributed by atoms with Crippen molar-refractivity contribution in [2.45, 2.75) is 51.5 Å². The minimum absolute atomic E-state index is 0. The van der Waals surface area contributed by atoms with E-state index in [1.165, 1.54) is 32.1 Å². The van der Waals surface area contributed by atoms with Gasteiger partial charge in [-0.1, -0.05) is 19.8 Å². The highest BCUT2D eigenvalue weighted by Crippen LogP contribution is 2.27. The van der Waals surface area contributed by atoms with Gasteiger partial charge >= 0.3 is 0 Å². The fourth-order valence-electron chi connectivity index (χ4n) is 2.56. The van der Waals surface area contributed by atoms with Crippen LogP contribution in [-0.4, -0.2) is 25.0 Å². The van der Waals surface area contributed by atoms with Gasteiger partial charge in [0.25, 0.3) is 0 Å². The molecule has 0 bridgehead atoms. The van der Waals surface area contributed by atoms with Crippen LogP contribution in [0.1, 0.15) is 45.4 Å². The molecule has 0 spiro atoms. The van der Waals surface area contributed by atoms with E-state index >= 15 is 0 Å². The second kappa shape index (κ2) is 7.22. The Balaban J connectivity index is 0.00000144. The molecule has 3 nitrogen and oxygen atoms in total. The molecule has 2 fully saturated rings. The molecule has 2 atom stereocenters. The molecule has 2 saturated carbocycles. The van der Waals surface area contributed by atoms with Crippen LogP contribution < -0.4 is 10.6 Å². The Morgan fingerprint density at radius 1 is 1.24 bits per heavy atom. The molecule has 4 heteroatoms. The third-order valence-electron chi connectivity index (χ3n) is 3.72. The average molecular weight is 261 g/mol. The van der Waals surface area contributed by atoms with Crippen molar-refractivity contribution in [2.24, 2.45) is 11.8 Å². The lowest BCUT2D eigenvalue weighted by Crippen LogP contribution is -2.42. The van der Waals surface area contributed by atoms with Gasteiger partial charge in [0.05, 0.1) is 6.54 Å². The van der Waals surface area contributed by atoms with Gasteiger partial charge in [0, 0.05) is 6.04 Å². The number of rotatable bonds is 5. The molecule has 2 aliphatic carbocycles. The molecule has 0 aromatic carbocycles. The molecule has 2 unspecified atom stereocenters. The van der Waals surface area contributed by atoms with Crippen LogP contribution in [0.3, 0.4) is 0 Å². The van der Waals surface area contributed by atoms with Gasteiger partial charge in [-0.3, -0.25) is 4.79 Å². The smallest absolute Gasteiger partial charge is 0.234 e. The predicted octanol–water partition coefficient (Wildman–Crippen LogP) is 2.10. The summed E-state index contributed by atoms with van der Waals surface area (Å²) in [5, 5.41) is 6.38. The summed E-state index contributed by atoms with van der Waals surface area (Å²) in [5.74, 6) is 1.81. The van der Waals surface area contributed by atoms with Crippen molar-refractivity contribution in [3.8, 4) is 0 Å². The first-order chi connectivity index (χ1) is 7.74. The summed E-state index contributed by atoms with van der Waals surface area (Å²) in [6, 6.07) is 0.430. The zero-order chi connectivity index (χ0) is 11.4. The Labute approximate surface area is 111 Å². The minimum Gasteiger partial charge on any atom is -0.352 e. The van der Waals surface area contributed by atoms with E-state index < -0.39 is 0 Å². The lowest BCUT2D eigenvalue weighted by Gasteiger charge is -2.27. The maximum atomic E-state index is 11.6. The van der Waals surface area contributed by atoms with Crippen LogP contribution in [0.4, 0.5) is 0 Å². The Kier molecular flexibility index (Phi) is 6.28. The lowest BCUT2D eigenvalue weighted by molar-refractivity contribution is -0.121. The van der Waals surface area contributed by atoms with Crippen molar-refractivity contribution >= 4 is 18.3 Å². The second-order valence-corrected chi connectivity index (χ2v) is 5.61. The highest BCUT2D eigenvalue weighted by molar-refractivity contribution is 5.85. The van der Waals surface area contributed by atoms with Crippen molar-refractivity contribution in [1.82, 2.24) is 10.6 Å². The molecule has 0 aliphatic heterocycles. The van der Waals surface area contributed by atoms with Gasteiger partial charge in [-0.2, -0.15) is 0 Å². The van der Waals surface area contributed by atoms with Crippen molar-refractivity contribution in [2.75, 3.05) is 13.1 Å². The van der Waals surface area contributed by atoms with Crippen LogP contribution >= 0.6 is 12.4 Å². The number of nitrogens with one attached hydrogen (secondary N) is 2. The van der Waals surface area contributed by atoms with Gasteiger partial charge in [0.2, 0.25) is 5.91 Å². The van der Waals surface area contributed by atoms with Crippen LogP contribution in [0.25, 0.3) is 0 Å². The van der Waals surface area contributed by atoms with E-state index in [-0.39, 0.29) is 18.3 Å². The third kappa shape index (κ3) is 5.73. The van der Waals surface area contributed by atoms with E-state index in [1.807, 2.05) is 0 Å². The van der Waals surface area contributed by atoms with Crippen molar-refractivity contribution in [3.05, 3.63) is 0 Å². The first-order valence-electron chi connectivity index (χ1n) is 6.74. The van der Waals surface area contributed by atoms with Gasteiger partial charge in [0.1, 0.15) is 0 Å². The van der Waals surface area contributed by atoms with Crippen LogP contribution in [0.2, 0.25) is 0 Å². The monoisotopic (exact) mass is 260 g/mol. The number of halogens is 1. The zero-order valence-corrected chi connectivity index (χ0v) is 11.5. The van der Waals surface area contributed by atoms with Gasteiger partial charge in [-0.15, -0.1) is 12.4 Å². The predicted molar refractivity (Wildman–Crippen MR) is 72.4 cm³/mol. The maximum absolute atomic E-state index is 11.6. The quantitative estimate of drug-likeness (QED) is 0.795. The van der Waals surface area contributed by atoms with E-state index in [9.17, 15) is 4.79 Å². The number of hydrogen-bond donors (Lipinski definition) is 2. The second-order valence-electron chi connectivity index (χ2n) is 5.61. The van der Waals surface area contributed by atoms with Crippen LogP contribution in [0, 0.1) is 11.8 Å². The normalized spacial score (nSPS) is 28.3. The van der Waals surface area contributed by atoms with Crippen molar-refractivity contribution < 1.29 is 4.79 Å². The summed E-state index contributed by atoms with van der Waals surface area (Å²) in [6.07, 6.45) is 7.60. The molecular weight excluding hydrogens is 236 g/mol. The topological polar surface area (TPSA) is 41.1 Å². The standard InChI is InChI=1S/C13H24N2O.ClH/c1-10-3-2-4-12(7-10)15-13(16)9-14-8-11-5-6-11;/h10-12,14H,2-9H2,1H3,(H,15,16);1H. The van der Waals surface area contributed by atoms with Crippen molar-refractivity contribution in [1.29, 1.82) is 0 Å². The lowest BCUT2D eigenvalue weighted by atomic mass is 9.87.